The zero-order valence-corrected chi connectivity index (χ0v) is 12.9. The number of oxazole rings is 1. The quantitative estimate of drug-likeness (QED) is 0.519. The van der Waals surface area contributed by atoms with Gasteiger partial charge in [-0.3, -0.25) is 4.79 Å². The first-order valence-electron chi connectivity index (χ1n) is 6.24. The van der Waals surface area contributed by atoms with Crippen molar-refractivity contribution in [1.29, 1.82) is 0 Å². The van der Waals surface area contributed by atoms with Gasteiger partial charge >= 0.3 is 35.5 Å². The molecule has 0 N–H and O–H groups in total. The molecule has 3 aromatic rings. The molecule has 0 fully saturated rings. The zero-order valence-electron chi connectivity index (χ0n) is 11.3. The molecule has 0 radical (unpaired) electrons. The molecule has 114 valence electrons. The summed E-state index contributed by atoms with van der Waals surface area (Å²) in [6.07, 6.45) is 0. The summed E-state index contributed by atoms with van der Waals surface area (Å²) in [5.41, 5.74) is 0.573. The maximum atomic E-state index is 13.0. The Morgan fingerprint density at radius 1 is 1.26 bits per heavy atom. The molecule has 0 saturated carbocycles. The molecular formula is C15H10ClFNNaO3S. The fourth-order valence-corrected chi connectivity index (χ4v) is 2.84. The van der Waals surface area contributed by atoms with E-state index in [0.29, 0.717) is 20.5 Å². The van der Waals surface area contributed by atoms with Crippen LogP contribution in [0.25, 0.3) is 22.1 Å². The molecule has 3 rings (SSSR count). The van der Waals surface area contributed by atoms with Gasteiger partial charge in [0, 0.05) is 12.5 Å². The molecule has 8 heteroatoms. The molecule has 0 atom stereocenters. The second-order valence-corrected chi connectivity index (χ2v) is 6.07. The topological polar surface area (TPSA) is 52.3 Å². The van der Waals surface area contributed by atoms with E-state index in [2.05, 4.69) is 4.98 Å². The Labute approximate surface area is 162 Å². The number of hydrogen-bond donors (Lipinski definition) is 0. The summed E-state index contributed by atoms with van der Waals surface area (Å²) in [6.45, 7) is 1.28. The molecule has 2 aromatic heterocycles. The third-order valence-corrected chi connectivity index (χ3v) is 3.95. The van der Waals surface area contributed by atoms with E-state index < -0.39 is 5.97 Å². The third-order valence-electron chi connectivity index (χ3n) is 2.72. The van der Waals surface area contributed by atoms with Crippen LogP contribution in [0.4, 0.5) is 4.39 Å². The van der Waals surface area contributed by atoms with Crippen molar-refractivity contribution in [2.24, 2.45) is 0 Å². The van der Waals surface area contributed by atoms with E-state index >= 15 is 0 Å². The van der Waals surface area contributed by atoms with Crippen LogP contribution in [-0.2, 0) is 4.79 Å². The van der Waals surface area contributed by atoms with Crippen molar-refractivity contribution in [2.45, 2.75) is 6.92 Å². The number of ether oxygens (including phenoxy) is 1. The number of hydrogen-bond acceptors (Lipinski definition) is 5. The first-order chi connectivity index (χ1) is 10.5. The number of rotatable bonds is 3. The second-order valence-electron chi connectivity index (χ2n) is 4.36. The Kier molecular flexibility index (Phi) is 6.00. The van der Waals surface area contributed by atoms with E-state index in [1.807, 2.05) is 0 Å². The van der Waals surface area contributed by atoms with Crippen molar-refractivity contribution >= 4 is 58.5 Å². The van der Waals surface area contributed by atoms with Crippen molar-refractivity contribution in [3.63, 3.8) is 0 Å². The number of carbonyl (C=O) groups is 1. The number of esters is 1. The van der Waals surface area contributed by atoms with Crippen LogP contribution < -0.4 is 4.74 Å². The minimum absolute atomic E-state index is 0. The summed E-state index contributed by atoms with van der Waals surface area (Å²) < 4.78 is 24.3. The standard InChI is InChI=1S/C15H9ClFNO3S.Na.H/c1-8(19)20-15-13(11-6-7-12(16)22-11)21-14(18-15)9-2-4-10(17)5-3-9;;/h2-7H,1H3;;. The summed E-state index contributed by atoms with van der Waals surface area (Å²) in [4.78, 5) is 16.1. The average Bonchev–Trinajstić information content (AvgIpc) is 3.05. The van der Waals surface area contributed by atoms with Crippen LogP contribution in [0.1, 0.15) is 6.92 Å². The molecule has 0 aliphatic carbocycles. The first kappa shape index (κ1) is 18.2. The number of carbonyl (C=O) groups excluding carboxylic acids is 1. The minimum atomic E-state index is -0.511. The Morgan fingerprint density at radius 3 is 2.52 bits per heavy atom. The van der Waals surface area contributed by atoms with E-state index in [0.717, 1.165) is 0 Å². The van der Waals surface area contributed by atoms with E-state index in [4.69, 9.17) is 20.8 Å². The number of thiophene rings is 1. The number of halogens is 2. The fraction of sp³-hybridized carbons (Fsp3) is 0.0667. The van der Waals surface area contributed by atoms with Crippen LogP contribution in [0.5, 0.6) is 5.88 Å². The summed E-state index contributed by atoms with van der Waals surface area (Å²) in [6, 6.07) is 9.11. The van der Waals surface area contributed by atoms with Crippen molar-refractivity contribution in [3.05, 3.63) is 46.6 Å². The van der Waals surface area contributed by atoms with E-state index in [1.165, 1.54) is 42.5 Å². The second kappa shape index (κ2) is 7.59. The van der Waals surface area contributed by atoms with E-state index in [-0.39, 0.29) is 47.1 Å². The fourth-order valence-electron chi connectivity index (χ4n) is 1.82. The van der Waals surface area contributed by atoms with Crippen molar-refractivity contribution in [1.82, 2.24) is 4.98 Å². The van der Waals surface area contributed by atoms with Crippen molar-refractivity contribution in [3.8, 4) is 28.0 Å². The SMILES string of the molecule is CC(=O)Oc1nc(-c2ccc(F)cc2)oc1-c1ccc(Cl)s1.[NaH]. The summed E-state index contributed by atoms with van der Waals surface area (Å²) in [7, 11) is 0. The molecule has 2 heterocycles. The molecule has 4 nitrogen and oxygen atoms in total. The Hall–Kier alpha value is -1.18. The van der Waals surface area contributed by atoms with Crippen LogP contribution >= 0.6 is 22.9 Å². The van der Waals surface area contributed by atoms with Gasteiger partial charge in [0.05, 0.1) is 9.21 Å². The predicted molar refractivity (Wildman–Crippen MR) is 88.7 cm³/mol. The zero-order chi connectivity index (χ0) is 15.7. The monoisotopic (exact) mass is 361 g/mol. The van der Waals surface area contributed by atoms with Gasteiger partial charge in [0.1, 0.15) is 5.82 Å². The van der Waals surface area contributed by atoms with Gasteiger partial charge in [0.25, 0.3) is 5.88 Å². The predicted octanol–water partition coefficient (Wildman–Crippen LogP) is 4.14. The molecule has 0 saturated heterocycles. The summed E-state index contributed by atoms with van der Waals surface area (Å²) in [5.74, 6) is -0.267. The summed E-state index contributed by atoms with van der Waals surface area (Å²) >= 11 is 7.19. The van der Waals surface area contributed by atoms with Crippen LogP contribution in [0.2, 0.25) is 4.34 Å². The average molecular weight is 362 g/mol. The number of nitrogens with zero attached hydrogens (tertiary/aromatic N) is 1. The molecule has 0 spiro atoms. The van der Waals surface area contributed by atoms with E-state index in [1.54, 1.807) is 12.1 Å². The van der Waals surface area contributed by atoms with Gasteiger partial charge in [-0.1, -0.05) is 11.6 Å². The Bertz CT molecular complexity index is 832. The van der Waals surface area contributed by atoms with Gasteiger partial charge in [-0.15, -0.1) is 11.3 Å². The van der Waals surface area contributed by atoms with Gasteiger partial charge < -0.3 is 9.15 Å². The Morgan fingerprint density at radius 2 is 1.96 bits per heavy atom. The molecule has 1 aromatic carbocycles. The van der Waals surface area contributed by atoms with Gasteiger partial charge in [-0.2, -0.15) is 4.98 Å². The van der Waals surface area contributed by atoms with Gasteiger partial charge in [0.2, 0.25) is 11.7 Å². The molecule has 0 bridgehead atoms. The van der Waals surface area contributed by atoms with Gasteiger partial charge in [-0.05, 0) is 36.4 Å². The third kappa shape index (κ3) is 4.22. The van der Waals surface area contributed by atoms with Crippen LogP contribution in [0.3, 0.4) is 0 Å². The van der Waals surface area contributed by atoms with Crippen LogP contribution in [0, 0.1) is 5.82 Å². The normalized spacial score (nSPS) is 10.2. The first-order valence-corrected chi connectivity index (χ1v) is 7.43. The van der Waals surface area contributed by atoms with E-state index in [9.17, 15) is 9.18 Å². The van der Waals surface area contributed by atoms with Gasteiger partial charge in [-0.25, -0.2) is 4.39 Å². The number of benzene rings is 1. The van der Waals surface area contributed by atoms with Gasteiger partial charge in [0.15, 0.2) is 0 Å². The number of aromatic nitrogens is 1. The molecule has 0 aliphatic rings. The maximum absolute atomic E-state index is 13.0. The van der Waals surface area contributed by atoms with Crippen molar-refractivity contribution < 1.29 is 18.3 Å². The van der Waals surface area contributed by atoms with Crippen LogP contribution in [-0.4, -0.2) is 40.5 Å². The molecule has 0 unspecified atom stereocenters. The molecule has 23 heavy (non-hydrogen) atoms. The Balaban J connectivity index is 0.00000192. The summed E-state index contributed by atoms with van der Waals surface area (Å²) in [5, 5.41) is 0. The molecular weight excluding hydrogens is 352 g/mol. The molecule has 0 aliphatic heterocycles. The molecule has 0 amide bonds. The van der Waals surface area contributed by atoms with Crippen LogP contribution in [0.15, 0.2) is 40.8 Å². The van der Waals surface area contributed by atoms with Crippen molar-refractivity contribution in [2.75, 3.05) is 0 Å².